The minimum absolute atomic E-state index is 0.200. The molecular weight excluding hydrogens is 394 g/mol. The summed E-state index contributed by atoms with van der Waals surface area (Å²) in [7, 11) is 0. The summed E-state index contributed by atoms with van der Waals surface area (Å²) >= 11 is 5.92. The molecule has 150 valence electrons. The van der Waals surface area contributed by atoms with Gasteiger partial charge >= 0.3 is 5.97 Å². The van der Waals surface area contributed by atoms with E-state index in [2.05, 4.69) is 10.6 Å². The first-order valence-corrected chi connectivity index (χ1v) is 9.21. The zero-order valence-electron chi connectivity index (χ0n) is 15.9. The van der Waals surface area contributed by atoms with E-state index in [1.165, 1.54) is 18.2 Å². The molecule has 2 aromatic rings. The molecule has 0 aliphatic carbocycles. The number of nitriles is 1. The second-order valence-electron chi connectivity index (χ2n) is 6.52. The SMILES string of the molecule is CC(C)C(NC(=O)c1ccccc1)C(=O)OCC(=O)Nc1ccc(C#N)c(Cl)c1. The van der Waals surface area contributed by atoms with Crippen LogP contribution in [0.1, 0.15) is 29.8 Å². The molecule has 0 bridgehead atoms. The van der Waals surface area contributed by atoms with Crippen LogP contribution in [0.5, 0.6) is 0 Å². The molecule has 0 saturated heterocycles. The molecule has 0 radical (unpaired) electrons. The van der Waals surface area contributed by atoms with Crippen LogP contribution in [0, 0.1) is 17.2 Å². The van der Waals surface area contributed by atoms with Crippen molar-refractivity contribution in [3.63, 3.8) is 0 Å². The highest BCUT2D eigenvalue weighted by Gasteiger charge is 2.26. The van der Waals surface area contributed by atoms with Gasteiger partial charge in [0.25, 0.3) is 11.8 Å². The average Bonchev–Trinajstić information content (AvgIpc) is 2.70. The highest BCUT2D eigenvalue weighted by molar-refractivity contribution is 6.32. The van der Waals surface area contributed by atoms with Gasteiger partial charge in [0, 0.05) is 11.3 Å². The Labute approximate surface area is 173 Å². The smallest absolute Gasteiger partial charge is 0.329 e. The van der Waals surface area contributed by atoms with Gasteiger partial charge in [0.2, 0.25) is 0 Å². The minimum atomic E-state index is -0.903. The van der Waals surface area contributed by atoms with Crippen molar-refractivity contribution in [2.24, 2.45) is 5.92 Å². The largest absolute Gasteiger partial charge is 0.454 e. The van der Waals surface area contributed by atoms with Crippen molar-refractivity contribution in [3.05, 3.63) is 64.7 Å². The van der Waals surface area contributed by atoms with E-state index in [4.69, 9.17) is 21.6 Å². The maximum atomic E-state index is 12.4. The second-order valence-corrected chi connectivity index (χ2v) is 6.93. The van der Waals surface area contributed by atoms with Crippen molar-refractivity contribution in [2.75, 3.05) is 11.9 Å². The summed E-state index contributed by atoms with van der Waals surface area (Å²) in [6.45, 7) is 2.99. The van der Waals surface area contributed by atoms with E-state index in [9.17, 15) is 14.4 Å². The fourth-order valence-corrected chi connectivity index (χ4v) is 2.64. The molecule has 0 saturated carbocycles. The van der Waals surface area contributed by atoms with Gasteiger partial charge < -0.3 is 15.4 Å². The summed E-state index contributed by atoms with van der Waals surface area (Å²) in [5.41, 5.74) is 1.07. The molecule has 0 fully saturated rings. The molecule has 29 heavy (non-hydrogen) atoms. The molecule has 0 aromatic heterocycles. The molecule has 0 aliphatic rings. The highest BCUT2D eigenvalue weighted by atomic mass is 35.5. The quantitative estimate of drug-likeness (QED) is 0.678. The molecule has 2 aromatic carbocycles. The zero-order chi connectivity index (χ0) is 21.4. The highest BCUT2D eigenvalue weighted by Crippen LogP contribution is 2.20. The average molecular weight is 414 g/mol. The normalized spacial score (nSPS) is 11.3. The van der Waals surface area contributed by atoms with Crippen molar-refractivity contribution in [2.45, 2.75) is 19.9 Å². The van der Waals surface area contributed by atoms with E-state index < -0.39 is 30.4 Å². The van der Waals surface area contributed by atoms with Gasteiger partial charge in [-0.15, -0.1) is 0 Å². The van der Waals surface area contributed by atoms with Crippen LogP contribution in [0.3, 0.4) is 0 Å². The number of carbonyl (C=O) groups excluding carboxylic acids is 3. The van der Waals surface area contributed by atoms with Crippen LogP contribution >= 0.6 is 11.6 Å². The van der Waals surface area contributed by atoms with E-state index in [-0.39, 0.29) is 16.5 Å². The van der Waals surface area contributed by atoms with E-state index in [0.717, 1.165) is 0 Å². The molecule has 0 heterocycles. The van der Waals surface area contributed by atoms with Gasteiger partial charge in [-0.3, -0.25) is 9.59 Å². The number of nitrogens with zero attached hydrogens (tertiary/aromatic N) is 1. The number of hydrogen-bond acceptors (Lipinski definition) is 5. The fourth-order valence-electron chi connectivity index (χ4n) is 2.42. The second kappa shape index (κ2) is 10.2. The fraction of sp³-hybridized carbons (Fsp3) is 0.238. The third-order valence-electron chi connectivity index (χ3n) is 3.96. The van der Waals surface area contributed by atoms with Crippen LogP contribution in [0.2, 0.25) is 5.02 Å². The van der Waals surface area contributed by atoms with Crippen LogP contribution < -0.4 is 10.6 Å². The number of rotatable bonds is 7. The van der Waals surface area contributed by atoms with E-state index in [1.807, 2.05) is 6.07 Å². The van der Waals surface area contributed by atoms with Gasteiger partial charge in [0.15, 0.2) is 6.61 Å². The molecule has 0 aliphatic heterocycles. The molecule has 8 heteroatoms. The Morgan fingerprint density at radius 1 is 1.14 bits per heavy atom. The first-order valence-electron chi connectivity index (χ1n) is 8.84. The van der Waals surface area contributed by atoms with Crippen LogP contribution in [0.15, 0.2) is 48.5 Å². The van der Waals surface area contributed by atoms with Crippen molar-refractivity contribution >= 4 is 35.1 Å². The van der Waals surface area contributed by atoms with Crippen LogP contribution in [0.4, 0.5) is 5.69 Å². The Morgan fingerprint density at radius 2 is 1.83 bits per heavy atom. The molecular formula is C21H20ClN3O4. The predicted octanol–water partition coefficient (Wildman–Crippen LogP) is 3.15. The lowest BCUT2D eigenvalue weighted by Crippen LogP contribution is -2.45. The number of nitrogens with one attached hydrogen (secondary N) is 2. The number of hydrogen-bond donors (Lipinski definition) is 2. The summed E-state index contributed by atoms with van der Waals surface area (Å²) in [4.78, 5) is 36.7. The third-order valence-corrected chi connectivity index (χ3v) is 4.27. The van der Waals surface area contributed by atoms with Crippen molar-refractivity contribution in [3.8, 4) is 6.07 Å². The van der Waals surface area contributed by atoms with Gasteiger partial charge in [-0.05, 0) is 36.2 Å². The third kappa shape index (κ3) is 6.33. The number of halogens is 1. The summed E-state index contributed by atoms with van der Waals surface area (Å²) in [5.74, 6) is -1.93. The number of anilines is 1. The van der Waals surface area contributed by atoms with Gasteiger partial charge in [-0.2, -0.15) is 5.26 Å². The zero-order valence-corrected chi connectivity index (χ0v) is 16.7. The number of ether oxygens (including phenoxy) is 1. The van der Waals surface area contributed by atoms with E-state index >= 15 is 0 Å². The van der Waals surface area contributed by atoms with Gasteiger partial charge in [-0.25, -0.2) is 4.79 Å². The number of benzene rings is 2. The predicted molar refractivity (Wildman–Crippen MR) is 108 cm³/mol. The first-order chi connectivity index (χ1) is 13.8. The lowest BCUT2D eigenvalue weighted by atomic mass is 10.0. The number of esters is 1. The Bertz CT molecular complexity index is 939. The van der Waals surface area contributed by atoms with Crippen molar-refractivity contribution in [1.29, 1.82) is 5.26 Å². The van der Waals surface area contributed by atoms with Gasteiger partial charge in [-0.1, -0.05) is 43.6 Å². The van der Waals surface area contributed by atoms with Crippen LogP contribution in [0.25, 0.3) is 0 Å². The molecule has 1 atom stereocenters. The van der Waals surface area contributed by atoms with Gasteiger partial charge in [0.05, 0.1) is 10.6 Å². The molecule has 2 rings (SSSR count). The minimum Gasteiger partial charge on any atom is -0.454 e. The van der Waals surface area contributed by atoms with Crippen molar-refractivity contribution < 1.29 is 19.1 Å². The molecule has 1 unspecified atom stereocenters. The Morgan fingerprint density at radius 3 is 2.41 bits per heavy atom. The van der Waals surface area contributed by atoms with Gasteiger partial charge in [0.1, 0.15) is 12.1 Å². The number of carbonyl (C=O) groups is 3. The van der Waals surface area contributed by atoms with Crippen LogP contribution in [-0.4, -0.2) is 30.4 Å². The van der Waals surface area contributed by atoms with E-state index in [0.29, 0.717) is 11.3 Å². The first kappa shape index (κ1) is 21.9. The van der Waals surface area contributed by atoms with Crippen LogP contribution in [-0.2, 0) is 14.3 Å². The summed E-state index contributed by atoms with van der Waals surface area (Å²) < 4.78 is 5.06. The maximum absolute atomic E-state index is 12.4. The summed E-state index contributed by atoms with van der Waals surface area (Å²) in [5, 5.41) is 14.2. The number of amides is 2. The van der Waals surface area contributed by atoms with E-state index in [1.54, 1.807) is 44.2 Å². The lowest BCUT2D eigenvalue weighted by Gasteiger charge is -2.20. The standard InChI is InChI=1S/C21H20ClN3O4/c1-13(2)19(25-20(27)14-6-4-3-5-7-14)21(28)29-12-18(26)24-16-9-8-15(11-23)17(22)10-16/h3-10,13,19H,12H2,1-2H3,(H,24,26)(H,25,27). The topological polar surface area (TPSA) is 108 Å². The van der Waals surface area contributed by atoms with Crippen molar-refractivity contribution in [1.82, 2.24) is 5.32 Å². The summed E-state index contributed by atoms with van der Waals surface area (Å²) in [6.07, 6.45) is 0. The molecule has 7 nitrogen and oxygen atoms in total. The summed E-state index contributed by atoms with van der Waals surface area (Å²) in [6, 6.07) is 13.9. The monoisotopic (exact) mass is 413 g/mol. The molecule has 2 amide bonds. The maximum Gasteiger partial charge on any atom is 0.329 e. The Kier molecular flexibility index (Phi) is 7.75. The lowest BCUT2D eigenvalue weighted by molar-refractivity contribution is -0.150. The molecule has 2 N–H and O–H groups in total. The molecule has 0 spiro atoms. The Hall–Kier alpha value is -3.37. The Balaban J connectivity index is 1.92.